The van der Waals surface area contributed by atoms with Crippen molar-refractivity contribution in [3.05, 3.63) is 34.4 Å². The highest BCUT2D eigenvalue weighted by Gasteiger charge is 2.10. The van der Waals surface area contributed by atoms with Gasteiger partial charge in [0.2, 0.25) is 0 Å². The average molecular weight is 268 g/mol. The first-order chi connectivity index (χ1) is 7.09. The first kappa shape index (κ1) is 10.2. The number of aliphatic carboxylic acids is 1. The molecule has 0 aliphatic rings. The van der Waals surface area contributed by atoms with Crippen LogP contribution in [-0.4, -0.2) is 15.6 Å². The fraction of sp³-hybridized carbons (Fsp3) is 0.182. The van der Waals surface area contributed by atoms with E-state index in [4.69, 9.17) is 5.11 Å². The number of hydrogen-bond donors (Lipinski definition) is 1. The van der Waals surface area contributed by atoms with Crippen molar-refractivity contribution in [1.29, 1.82) is 0 Å². The SMILES string of the molecule is Cn1c(CC(=O)O)cc2c(Br)cccc21. The van der Waals surface area contributed by atoms with E-state index in [1.54, 1.807) is 0 Å². The summed E-state index contributed by atoms with van der Waals surface area (Å²) in [7, 11) is 1.88. The van der Waals surface area contributed by atoms with Crippen LogP contribution in [0.5, 0.6) is 0 Å². The molecule has 0 radical (unpaired) electrons. The van der Waals surface area contributed by atoms with Gasteiger partial charge in [0.25, 0.3) is 0 Å². The molecule has 0 aliphatic heterocycles. The van der Waals surface area contributed by atoms with Crippen LogP contribution in [0.15, 0.2) is 28.7 Å². The van der Waals surface area contributed by atoms with Gasteiger partial charge in [-0.1, -0.05) is 22.0 Å². The van der Waals surface area contributed by atoms with Crippen LogP contribution in [0.1, 0.15) is 5.69 Å². The van der Waals surface area contributed by atoms with E-state index in [1.807, 2.05) is 35.9 Å². The van der Waals surface area contributed by atoms with Crippen molar-refractivity contribution in [1.82, 2.24) is 4.57 Å². The molecule has 0 spiro atoms. The van der Waals surface area contributed by atoms with Crippen LogP contribution in [0.3, 0.4) is 0 Å². The van der Waals surface area contributed by atoms with Crippen LogP contribution in [0.2, 0.25) is 0 Å². The number of rotatable bonds is 2. The number of hydrogen-bond acceptors (Lipinski definition) is 1. The maximum Gasteiger partial charge on any atom is 0.309 e. The van der Waals surface area contributed by atoms with Gasteiger partial charge in [-0.15, -0.1) is 0 Å². The molecule has 3 nitrogen and oxygen atoms in total. The quantitative estimate of drug-likeness (QED) is 0.909. The van der Waals surface area contributed by atoms with E-state index in [2.05, 4.69) is 15.9 Å². The molecule has 0 saturated carbocycles. The molecule has 1 N–H and O–H groups in total. The lowest BCUT2D eigenvalue weighted by atomic mass is 10.2. The van der Waals surface area contributed by atoms with E-state index in [-0.39, 0.29) is 6.42 Å². The van der Waals surface area contributed by atoms with Crippen molar-refractivity contribution in [3.8, 4) is 0 Å². The van der Waals surface area contributed by atoms with Crippen LogP contribution < -0.4 is 0 Å². The smallest absolute Gasteiger partial charge is 0.309 e. The molecular formula is C11H10BrNO2. The summed E-state index contributed by atoms with van der Waals surface area (Å²) in [6.45, 7) is 0. The molecule has 0 bridgehead atoms. The van der Waals surface area contributed by atoms with Gasteiger partial charge >= 0.3 is 5.97 Å². The number of carboxylic acid groups (broad SMARTS) is 1. The van der Waals surface area contributed by atoms with E-state index in [0.717, 1.165) is 21.1 Å². The number of benzene rings is 1. The van der Waals surface area contributed by atoms with Crippen molar-refractivity contribution in [3.63, 3.8) is 0 Å². The third kappa shape index (κ3) is 1.77. The summed E-state index contributed by atoms with van der Waals surface area (Å²) >= 11 is 3.45. The largest absolute Gasteiger partial charge is 0.481 e. The monoisotopic (exact) mass is 267 g/mol. The summed E-state index contributed by atoms with van der Waals surface area (Å²) in [6, 6.07) is 7.78. The van der Waals surface area contributed by atoms with Crippen molar-refractivity contribution < 1.29 is 9.90 Å². The Labute approximate surface area is 95.5 Å². The van der Waals surface area contributed by atoms with E-state index in [0.29, 0.717) is 0 Å². The average Bonchev–Trinajstić information content (AvgIpc) is 2.46. The molecule has 2 aromatic rings. The fourth-order valence-electron chi connectivity index (χ4n) is 1.70. The number of halogens is 1. The zero-order chi connectivity index (χ0) is 11.0. The molecule has 1 aromatic heterocycles. The second-order valence-electron chi connectivity index (χ2n) is 3.44. The summed E-state index contributed by atoms with van der Waals surface area (Å²) in [5.41, 5.74) is 1.85. The summed E-state index contributed by atoms with van der Waals surface area (Å²) < 4.78 is 2.90. The normalized spacial score (nSPS) is 10.8. The molecule has 78 valence electrons. The third-order valence-corrected chi connectivity index (χ3v) is 3.16. The minimum Gasteiger partial charge on any atom is -0.481 e. The molecule has 15 heavy (non-hydrogen) atoms. The molecule has 1 heterocycles. The molecule has 0 saturated heterocycles. The summed E-state index contributed by atoms with van der Waals surface area (Å²) in [6.07, 6.45) is 0.0532. The third-order valence-electron chi connectivity index (χ3n) is 2.47. The zero-order valence-corrected chi connectivity index (χ0v) is 9.78. The van der Waals surface area contributed by atoms with Crippen LogP contribution in [-0.2, 0) is 18.3 Å². The number of fused-ring (bicyclic) bond motifs is 1. The lowest BCUT2D eigenvalue weighted by Gasteiger charge is -2.00. The van der Waals surface area contributed by atoms with Gasteiger partial charge in [0.05, 0.1) is 6.42 Å². The number of nitrogens with zero attached hydrogens (tertiary/aromatic N) is 1. The summed E-state index contributed by atoms with van der Waals surface area (Å²) in [5, 5.41) is 9.81. The highest BCUT2D eigenvalue weighted by Crippen LogP contribution is 2.26. The molecule has 1 aromatic carbocycles. The van der Waals surface area contributed by atoms with E-state index >= 15 is 0 Å². The second-order valence-corrected chi connectivity index (χ2v) is 4.29. The van der Waals surface area contributed by atoms with Gasteiger partial charge in [0.15, 0.2) is 0 Å². The fourth-order valence-corrected chi connectivity index (χ4v) is 2.17. The second kappa shape index (κ2) is 3.70. The molecule has 0 fully saturated rings. The van der Waals surface area contributed by atoms with Gasteiger partial charge in [-0.3, -0.25) is 4.79 Å². The summed E-state index contributed by atoms with van der Waals surface area (Å²) in [4.78, 5) is 10.7. The molecular weight excluding hydrogens is 258 g/mol. The Kier molecular flexibility index (Phi) is 2.52. The summed E-state index contributed by atoms with van der Waals surface area (Å²) in [5.74, 6) is -0.808. The van der Waals surface area contributed by atoms with Crippen LogP contribution in [0.4, 0.5) is 0 Å². The van der Waals surface area contributed by atoms with Gasteiger partial charge in [-0.25, -0.2) is 0 Å². The van der Waals surface area contributed by atoms with Crippen molar-refractivity contribution in [2.75, 3.05) is 0 Å². The predicted octanol–water partition coefficient (Wildman–Crippen LogP) is 2.57. The van der Waals surface area contributed by atoms with E-state index in [9.17, 15) is 4.79 Å². The minimum absolute atomic E-state index is 0.0532. The number of aromatic nitrogens is 1. The number of carbonyl (C=O) groups is 1. The predicted molar refractivity (Wildman–Crippen MR) is 62.0 cm³/mol. The molecule has 2 rings (SSSR count). The molecule has 0 aliphatic carbocycles. The first-order valence-electron chi connectivity index (χ1n) is 4.54. The maximum atomic E-state index is 10.7. The van der Waals surface area contributed by atoms with Gasteiger partial charge in [-0.05, 0) is 18.2 Å². The Balaban J connectivity index is 2.64. The molecule has 4 heteroatoms. The number of carboxylic acids is 1. The Morgan fingerprint density at radius 1 is 1.53 bits per heavy atom. The molecule has 0 atom stereocenters. The van der Waals surface area contributed by atoms with E-state index < -0.39 is 5.97 Å². The first-order valence-corrected chi connectivity index (χ1v) is 5.33. The van der Waals surface area contributed by atoms with Crippen LogP contribution in [0.25, 0.3) is 10.9 Å². The van der Waals surface area contributed by atoms with Gasteiger partial charge in [-0.2, -0.15) is 0 Å². The highest BCUT2D eigenvalue weighted by atomic mass is 79.9. The van der Waals surface area contributed by atoms with Crippen molar-refractivity contribution in [2.24, 2.45) is 7.05 Å². The highest BCUT2D eigenvalue weighted by molar-refractivity contribution is 9.10. The Morgan fingerprint density at radius 3 is 2.87 bits per heavy atom. The number of aryl methyl sites for hydroxylation is 1. The van der Waals surface area contributed by atoms with Crippen LogP contribution >= 0.6 is 15.9 Å². The maximum absolute atomic E-state index is 10.7. The topological polar surface area (TPSA) is 42.2 Å². The minimum atomic E-state index is -0.808. The Morgan fingerprint density at radius 2 is 2.27 bits per heavy atom. The zero-order valence-electron chi connectivity index (χ0n) is 8.20. The van der Waals surface area contributed by atoms with Gasteiger partial charge in [0, 0.05) is 28.1 Å². The Bertz CT molecular complexity index is 531. The van der Waals surface area contributed by atoms with E-state index in [1.165, 1.54) is 0 Å². The van der Waals surface area contributed by atoms with Gasteiger partial charge in [0.1, 0.15) is 0 Å². The molecule has 0 amide bonds. The van der Waals surface area contributed by atoms with Crippen molar-refractivity contribution in [2.45, 2.75) is 6.42 Å². The standard InChI is InChI=1S/C11H10BrNO2/c1-13-7(6-11(14)15)5-8-9(12)3-2-4-10(8)13/h2-5H,6H2,1H3,(H,14,15). The lowest BCUT2D eigenvalue weighted by Crippen LogP contribution is -2.04. The lowest BCUT2D eigenvalue weighted by molar-refractivity contribution is -0.136. The van der Waals surface area contributed by atoms with Gasteiger partial charge < -0.3 is 9.67 Å². The van der Waals surface area contributed by atoms with Crippen molar-refractivity contribution >= 4 is 32.8 Å². The Hall–Kier alpha value is -1.29. The van der Waals surface area contributed by atoms with Crippen LogP contribution in [0, 0.1) is 0 Å². The molecule has 0 unspecified atom stereocenters.